The van der Waals surface area contributed by atoms with Crippen LogP contribution < -0.4 is 0 Å². The number of aryl methyl sites for hydroxylation is 1. The van der Waals surface area contributed by atoms with Gasteiger partial charge in [-0.25, -0.2) is 19.2 Å². The molecular formula is C22H20ClN7O. The summed E-state index contributed by atoms with van der Waals surface area (Å²) in [4.78, 5) is 21.3. The molecule has 156 valence electrons. The molecule has 0 aliphatic carbocycles. The molecule has 1 aromatic carbocycles. The van der Waals surface area contributed by atoms with E-state index in [9.17, 15) is 10.1 Å². The number of nitriles is 1. The van der Waals surface area contributed by atoms with Crippen molar-refractivity contribution in [1.82, 2.24) is 29.4 Å². The lowest BCUT2D eigenvalue weighted by Crippen LogP contribution is -2.13. The number of Topliss-reactive ketones (excluding diaryl/α,β-unsaturated/α-hetero) is 1. The number of benzene rings is 1. The number of rotatable bonds is 6. The maximum absolute atomic E-state index is 12.9. The van der Waals surface area contributed by atoms with E-state index >= 15 is 0 Å². The maximum Gasteiger partial charge on any atom is 0.156 e. The van der Waals surface area contributed by atoms with Crippen molar-refractivity contribution in [2.24, 2.45) is 0 Å². The van der Waals surface area contributed by atoms with Crippen LogP contribution in [0, 0.1) is 18.3 Å². The van der Waals surface area contributed by atoms with Crippen LogP contribution in [0.1, 0.15) is 48.0 Å². The van der Waals surface area contributed by atoms with Crippen molar-refractivity contribution in [1.29, 1.82) is 5.26 Å². The summed E-state index contributed by atoms with van der Waals surface area (Å²) in [7, 11) is 0. The predicted molar refractivity (Wildman–Crippen MR) is 115 cm³/mol. The highest BCUT2D eigenvalue weighted by molar-refractivity contribution is 6.29. The lowest BCUT2D eigenvalue weighted by atomic mass is 9.97. The summed E-state index contributed by atoms with van der Waals surface area (Å²) in [5.74, 6) is 0.780. The number of halogens is 1. The Hall–Kier alpha value is -3.57. The molecular weight excluding hydrogens is 414 g/mol. The maximum atomic E-state index is 12.9. The number of hydrogen-bond acceptors (Lipinski definition) is 6. The number of carbonyl (C=O) groups excluding carboxylic acids is 1. The van der Waals surface area contributed by atoms with Crippen molar-refractivity contribution in [3.63, 3.8) is 0 Å². The van der Waals surface area contributed by atoms with Gasteiger partial charge in [0.2, 0.25) is 0 Å². The van der Waals surface area contributed by atoms with Gasteiger partial charge in [-0.3, -0.25) is 4.79 Å². The van der Waals surface area contributed by atoms with Gasteiger partial charge in [0.1, 0.15) is 24.0 Å². The Labute approximate surface area is 184 Å². The normalized spacial score (nSPS) is 11.2. The zero-order valence-corrected chi connectivity index (χ0v) is 18.1. The predicted octanol–water partition coefficient (Wildman–Crippen LogP) is 3.62. The molecule has 0 bridgehead atoms. The lowest BCUT2D eigenvalue weighted by molar-refractivity contribution is -0.117. The molecule has 0 saturated heterocycles. The minimum atomic E-state index is 0.0227. The van der Waals surface area contributed by atoms with Gasteiger partial charge >= 0.3 is 0 Å². The first-order valence-corrected chi connectivity index (χ1v) is 10.2. The minimum absolute atomic E-state index is 0.0227. The number of aromatic nitrogens is 6. The molecule has 3 heterocycles. The highest BCUT2D eigenvalue weighted by atomic mass is 35.5. The van der Waals surface area contributed by atoms with E-state index in [1.165, 1.54) is 0 Å². The van der Waals surface area contributed by atoms with Crippen LogP contribution in [0.4, 0.5) is 0 Å². The van der Waals surface area contributed by atoms with Gasteiger partial charge in [0.05, 0.1) is 16.9 Å². The summed E-state index contributed by atoms with van der Waals surface area (Å²) in [5.41, 5.74) is 4.23. The molecule has 0 radical (unpaired) electrons. The smallest absolute Gasteiger partial charge is 0.156 e. The summed E-state index contributed by atoms with van der Waals surface area (Å²) in [6, 6.07) is 9.22. The molecule has 4 aromatic rings. The van der Waals surface area contributed by atoms with Crippen LogP contribution in [0.5, 0.6) is 0 Å². The van der Waals surface area contributed by atoms with Gasteiger partial charge in [0.15, 0.2) is 10.8 Å². The van der Waals surface area contributed by atoms with Crippen LogP contribution >= 0.6 is 11.6 Å². The van der Waals surface area contributed by atoms with Crippen molar-refractivity contribution in [2.75, 3.05) is 0 Å². The number of carbonyl (C=O) groups is 1. The number of nitrogens with zero attached hydrogens (tertiary/aromatic N) is 7. The Morgan fingerprint density at radius 3 is 2.68 bits per heavy atom. The summed E-state index contributed by atoms with van der Waals surface area (Å²) in [6.07, 6.45) is 3.71. The van der Waals surface area contributed by atoms with Crippen molar-refractivity contribution in [3.8, 4) is 11.8 Å². The number of fused-ring (bicyclic) bond motifs is 1. The molecule has 0 amide bonds. The van der Waals surface area contributed by atoms with Crippen LogP contribution in [-0.2, 0) is 17.6 Å². The van der Waals surface area contributed by atoms with E-state index in [2.05, 4.69) is 26.2 Å². The molecule has 4 rings (SSSR count). The van der Waals surface area contributed by atoms with E-state index in [-0.39, 0.29) is 24.5 Å². The third-order valence-corrected chi connectivity index (χ3v) is 5.13. The van der Waals surface area contributed by atoms with Gasteiger partial charge < -0.3 is 0 Å². The highest BCUT2D eigenvalue weighted by Crippen LogP contribution is 2.23. The van der Waals surface area contributed by atoms with E-state index in [1.807, 2.05) is 19.9 Å². The van der Waals surface area contributed by atoms with Crippen LogP contribution in [0.25, 0.3) is 11.3 Å². The molecule has 0 fully saturated rings. The molecule has 3 aromatic heterocycles. The fourth-order valence-electron chi connectivity index (χ4n) is 3.66. The van der Waals surface area contributed by atoms with E-state index in [0.717, 1.165) is 16.8 Å². The zero-order chi connectivity index (χ0) is 22.1. The molecule has 31 heavy (non-hydrogen) atoms. The first-order valence-electron chi connectivity index (χ1n) is 9.82. The quantitative estimate of drug-likeness (QED) is 0.460. The van der Waals surface area contributed by atoms with Crippen molar-refractivity contribution in [2.45, 2.75) is 39.5 Å². The molecule has 0 aliphatic heterocycles. The third-order valence-electron chi connectivity index (χ3n) is 4.94. The van der Waals surface area contributed by atoms with Crippen molar-refractivity contribution < 1.29 is 4.79 Å². The molecule has 0 spiro atoms. The standard InChI is InChI=1S/C22H20ClN7O/c1-13(2)22-17(11-25-21-9-20(23)28-30(21)22)8-18(31)7-15-4-5-19(16(6-15)10-24)29-12-26-14(3)27-29/h4-6,9,11-13H,7-8H2,1-3H3. The van der Waals surface area contributed by atoms with Crippen molar-refractivity contribution in [3.05, 3.63) is 70.2 Å². The van der Waals surface area contributed by atoms with Gasteiger partial charge in [-0.05, 0) is 36.1 Å². The highest BCUT2D eigenvalue weighted by Gasteiger charge is 2.18. The van der Waals surface area contributed by atoms with Crippen LogP contribution in [0.15, 0.2) is 36.8 Å². The van der Waals surface area contributed by atoms with E-state index in [0.29, 0.717) is 27.9 Å². The molecule has 0 aliphatic rings. The second kappa shape index (κ2) is 8.28. The molecule has 0 unspecified atom stereocenters. The first kappa shape index (κ1) is 20.7. The summed E-state index contributed by atoms with van der Waals surface area (Å²) >= 11 is 6.04. The molecule has 0 atom stereocenters. The Morgan fingerprint density at radius 1 is 1.19 bits per heavy atom. The molecule has 0 saturated carbocycles. The Morgan fingerprint density at radius 2 is 2.00 bits per heavy atom. The second-order valence-corrected chi connectivity index (χ2v) is 8.04. The average molecular weight is 434 g/mol. The van der Waals surface area contributed by atoms with Gasteiger partial charge in [-0.15, -0.1) is 0 Å². The van der Waals surface area contributed by atoms with Crippen LogP contribution in [0.2, 0.25) is 5.15 Å². The first-order chi connectivity index (χ1) is 14.9. The van der Waals surface area contributed by atoms with Crippen LogP contribution in [0.3, 0.4) is 0 Å². The Balaban J connectivity index is 1.58. The lowest BCUT2D eigenvalue weighted by Gasteiger charge is -2.14. The Kier molecular flexibility index (Phi) is 5.53. The average Bonchev–Trinajstić information content (AvgIpc) is 3.31. The fraction of sp³-hybridized carbons (Fsp3) is 0.273. The van der Waals surface area contributed by atoms with Crippen LogP contribution in [-0.4, -0.2) is 35.1 Å². The van der Waals surface area contributed by atoms with Crippen molar-refractivity contribution >= 4 is 23.0 Å². The molecule has 8 nitrogen and oxygen atoms in total. The van der Waals surface area contributed by atoms with Gasteiger partial charge in [-0.2, -0.15) is 15.5 Å². The zero-order valence-electron chi connectivity index (χ0n) is 17.4. The topological polar surface area (TPSA) is 102 Å². The van der Waals surface area contributed by atoms with Gasteiger partial charge in [-0.1, -0.05) is 31.5 Å². The fourth-order valence-corrected chi connectivity index (χ4v) is 3.83. The van der Waals surface area contributed by atoms with E-state index in [1.54, 1.807) is 46.8 Å². The second-order valence-electron chi connectivity index (χ2n) is 7.65. The monoisotopic (exact) mass is 433 g/mol. The van der Waals surface area contributed by atoms with E-state index < -0.39 is 0 Å². The molecule has 9 heteroatoms. The Bertz CT molecular complexity index is 1330. The summed E-state index contributed by atoms with van der Waals surface area (Å²) in [5, 5.41) is 18.5. The van der Waals surface area contributed by atoms with Gasteiger partial charge in [0, 0.05) is 25.1 Å². The number of hydrogen-bond donors (Lipinski definition) is 0. The SMILES string of the molecule is Cc1ncn(-c2ccc(CC(=O)Cc3cnc4cc(Cl)nn4c3C(C)C)cc2C#N)n1. The summed E-state index contributed by atoms with van der Waals surface area (Å²) < 4.78 is 3.27. The van der Waals surface area contributed by atoms with Gasteiger partial charge in [0.25, 0.3) is 0 Å². The number of ketones is 1. The largest absolute Gasteiger partial charge is 0.299 e. The van der Waals surface area contributed by atoms with E-state index in [4.69, 9.17) is 11.6 Å². The summed E-state index contributed by atoms with van der Waals surface area (Å²) in [6.45, 7) is 5.87. The molecule has 0 N–H and O–H groups in total. The minimum Gasteiger partial charge on any atom is -0.299 e. The third kappa shape index (κ3) is 4.18.